The number of carboxylic acids is 1. The predicted molar refractivity (Wildman–Crippen MR) is 132 cm³/mol. The third-order valence-electron chi connectivity index (χ3n) is 5.00. The molecule has 0 radical (unpaired) electrons. The first kappa shape index (κ1) is 26.0. The van der Waals surface area contributed by atoms with E-state index in [-0.39, 0.29) is 24.3 Å². The van der Waals surface area contributed by atoms with E-state index in [1.165, 1.54) is 18.2 Å². The number of nitrogens with zero attached hydrogens (tertiary/aromatic N) is 1. The fourth-order valence-corrected chi connectivity index (χ4v) is 4.09. The van der Waals surface area contributed by atoms with E-state index in [1.807, 2.05) is 13.0 Å². The van der Waals surface area contributed by atoms with E-state index in [9.17, 15) is 29.7 Å². The van der Waals surface area contributed by atoms with Crippen LogP contribution in [0.5, 0.6) is 5.75 Å². The Kier molecular flexibility index (Phi) is 8.66. The normalized spacial score (nSPS) is 15.9. The minimum Gasteiger partial charge on any atom is -0.508 e. The largest absolute Gasteiger partial charge is 0.508 e. The summed E-state index contributed by atoms with van der Waals surface area (Å²) in [6.45, 7) is 1.99. The van der Waals surface area contributed by atoms with Crippen molar-refractivity contribution in [3.05, 3.63) is 57.6 Å². The van der Waals surface area contributed by atoms with E-state index in [2.05, 4.69) is 42.2 Å². The summed E-state index contributed by atoms with van der Waals surface area (Å²) in [7, 11) is 0. The van der Waals surface area contributed by atoms with Crippen LogP contribution in [0.1, 0.15) is 33.9 Å². The molecule has 0 aliphatic carbocycles. The SMILES string of the molecule is Cc1cc(Br)cc([C@H](CC(=O)O)NC(=O)CNC(=O)c2cc(O)cc(NC3=NCC(O)CN3)c2)c1. The number of phenolic OH excluding ortho intramolecular Hbond substituents is 1. The van der Waals surface area contributed by atoms with Crippen molar-refractivity contribution in [2.75, 3.05) is 25.0 Å². The molecule has 1 unspecified atom stereocenters. The number of aliphatic hydroxyl groups excluding tert-OH is 1. The molecule has 12 heteroatoms. The van der Waals surface area contributed by atoms with Gasteiger partial charge >= 0.3 is 5.97 Å². The highest BCUT2D eigenvalue weighted by atomic mass is 79.9. The number of halogens is 1. The molecule has 0 spiro atoms. The summed E-state index contributed by atoms with van der Waals surface area (Å²) in [5, 5.41) is 39.7. The number of aliphatic carboxylic acids is 1. The van der Waals surface area contributed by atoms with Gasteiger partial charge in [0.05, 0.1) is 31.7 Å². The molecule has 1 heterocycles. The second kappa shape index (κ2) is 11.7. The number of rotatable bonds is 8. The van der Waals surface area contributed by atoms with E-state index in [1.54, 1.807) is 12.1 Å². The number of hydrogen-bond donors (Lipinski definition) is 7. The number of hydrogen-bond acceptors (Lipinski definition) is 8. The number of anilines is 1. The highest BCUT2D eigenvalue weighted by molar-refractivity contribution is 9.10. The van der Waals surface area contributed by atoms with Gasteiger partial charge in [0.25, 0.3) is 5.91 Å². The molecular formula is C23H26BrN5O6. The Bertz CT molecular complexity index is 1130. The number of nitrogens with one attached hydrogen (secondary N) is 4. The lowest BCUT2D eigenvalue weighted by Crippen LogP contribution is -2.42. The average Bonchev–Trinajstić information content (AvgIpc) is 2.77. The second-order valence-electron chi connectivity index (χ2n) is 8.08. The highest BCUT2D eigenvalue weighted by Gasteiger charge is 2.20. The van der Waals surface area contributed by atoms with Crippen molar-refractivity contribution in [3.8, 4) is 5.75 Å². The summed E-state index contributed by atoms with van der Waals surface area (Å²) >= 11 is 3.37. The zero-order chi connectivity index (χ0) is 25.5. The lowest BCUT2D eigenvalue weighted by atomic mass is 10.0. The summed E-state index contributed by atoms with van der Waals surface area (Å²) in [6, 6.07) is 8.71. The van der Waals surface area contributed by atoms with Crippen molar-refractivity contribution < 1.29 is 29.7 Å². The number of aliphatic hydroxyl groups is 1. The Morgan fingerprint density at radius 2 is 1.97 bits per heavy atom. The average molecular weight is 548 g/mol. The molecule has 1 aliphatic heterocycles. The maximum absolute atomic E-state index is 12.6. The minimum absolute atomic E-state index is 0.0986. The van der Waals surface area contributed by atoms with Crippen molar-refractivity contribution >= 4 is 45.4 Å². The molecule has 3 rings (SSSR count). The van der Waals surface area contributed by atoms with Crippen molar-refractivity contribution in [3.63, 3.8) is 0 Å². The van der Waals surface area contributed by atoms with E-state index in [4.69, 9.17) is 0 Å². The summed E-state index contributed by atoms with van der Waals surface area (Å²) in [4.78, 5) is 40.5. The molecule has 0 saturated heterocycles. The van der Waals surface area contributed by atoms with Crippen LogP contribution in [0.4, 0.5) is 5.69 Å². The molecular weight excluding hydrogens is 522 g/mol. The van der Waals surface area contributed by atoms with E-state index >= 15 is 0 Å². The van der Waals surface area contributed by atoms with E-state index < -0.39 is 36.5 Å². The number of carboxylic acid groups (broad SMARTS) is 1. The zero-order valence-electron chi connectivity index (χ0n) is 18.8. The maximum atomic E-state index is 12.6. The minimum atomic E-state index is -1.08. The van der Waals surface area contributed by atoms with Gasteiger partial charge in [-0.2, -0.15) is 0 Å². The molecule has 0 saturated carbocycles. The lowest BCUT2D eigenvalue weighted by Gasteiger charge is -2.20. The molecule has 2 atom stereocenters. The third-order valence-corrected chi connectivity index (χ3v) is 5.46. The zero-order valence-corrected chi connectivity index (χ0v) is 20.4. The molecule has 0 bridgehead atoms. The molecule has 0 fully saturated rings. The van der Waals surface area contributed by atoms with Gasteiger partial charge in [0.15, 0.2) is 5.96 Å². The molecule has 0 aromatic heterocycles. The Morgan fingerprint density at radius 1 is 1.20 bits per heavy atom. The molecule has 1 aliphatic rings. The number of amides is 2. The fraction of sp³-hybridized carbons (Fsp3) is 0.304. The van der Waals surface area contributed by atoms with Crippen molar-refractivity contribution in [2.45, 2.75) is 25.5 Å². The number of phenols is 1. The first-order valence-corrected chi connectivity index (χ1v) is 11.5. The Hall–Kier alpha value is -3.64. The summed E-state index contributed by atoms with van der Waals surface area (Å²) in [6.07, 6.45) is -0.911. The van der Waals surface area contributed by atoms with Gasteiger partial charge in [0.2, 0.25) is 5.91 Å². The van der Waals surface area contributed by atoms with Crippen LogP contribution in [0.15, 0.2) is 45.9 Å². The summed E-state index contributed by atoms with van der Waals surface area (Å²) in [5.41, 5.74) is 2.00. The van der Waals surface area contributed by atoms with Gasteiger partial charge in [0, 0.05) is 28.3 Å². The fourth-order valence-electron chi connectivity index (χ4n) is 3.47. The number of aromatic hydroxyl groups is 1. The molecule has 7 N–H and O–H groups in total. The van der Waals surface area contributed by atoms with Crippen LogP contribution in [0, 0.1) is 6.92 Å². The quantitative estimate of drug-likeness (QED) is 0.258. The van der Waals surface area contributed by atoms with Crippen molar-refractivity contribution in [1.82, 2.24) is 16.0 Å². The van der Waals surface area contributed by atoms with Crippen LogP contribution in [-0.4, -0.2) is 64.8 Å². The van der Waals surface area contributed by atoms with Crippen LogP contribution >= 0.6 is 15.9 Å². The van der Waals surface area contributed by atoms with Crippen LogP contribution < -0.4 is 21.3 Å². The number of carbonyl (C=O) groups excluding carboxylic acids is 2. The van der Waals surface area contributed by atoms with Gasteiger partial charge in [-0.15, -0.1) is 0 Å². The maximum Gasteiger partial charge on any atom is 0.305 e. The molecule has 2 aromatic carbocycles. The summed E-state index contributed by atoms with van der Waals surface area (Å²) in [5.74, 6) is -2.05. The van der Waals surface area contributed by atoms with Gasteiger partial charge in [-0.3, -0.25) is 19.4 Å². The van der Waals surface area contributed by atoms with Gasteiger partial charge in [-0.05, 0) is 42.3 Å². The van der Waals surface area contributed by atoms with Gasteiger partial charge < -0.3 is 36.6 Å². The lowest BCUT2D eigenvalue weighted by molar-refractivity contribution is -0.137. The smallest absolute Gasteiger partial charge is 0.305 e. The predicted octanol–water partition coefficient (Wildman–Crippen LogP) is 1.26. The number of guanidine groups is 1. The van der Waals surface area contributed by atoms with Gasteiger partial charge in [-0.25, -0.2) is 0 Å². The number of carbonyl (C=O) groups is 3. The number of aliphatic imine (C=N–C) groups is 1. The molecule has 2 aromatic rings. The third kappa shape index (κ3) is 7.97. The highest BCUT2D eigenvalue weighted by Crippen LogP contribution is 2.23. The Morgan fingerprint density at radius 3 is 2.63 bits per heavy atom. The van der Waals surface area contributed by atoms with E-state index in [0.717, 1.165) is 10.0 Å². The molecule has 2 amide bonds. The van der Waals surface area contributed by atoms with Crippen molar-refractivity contribution in [1.29, 1.82) is 0 Å². The molecule has 35 heavy (non-hydrogen) atoms. The van der Waals surface area contributed by atoms with Crippen molar-refractivity contribution in [2.24, 2.45) is 4.99 Å². The Labute approximate surface area is 209 Å². The van der Waals surface area contributed by atoms with E-state index in [0.29, 0.717) is 23.8 Å². The molecule has 11 nitrogen and oxygen atoms in total. The van der Waals surface area contributed by atoms with Crippen LogP contribution in [0.3, 0.4) is 0 Å². The monoisotopic (exact) mass is 547 g/mol. The summed E-state index contributed by atoms with van der Waals surface area (Å²) < 4.78 is 0.754. The molecule has 186 valence electrons. The first-order valence-electron chi connectivity index (χ1n) is 10.7. The first-order chi connectivity index (χ1) is 16.6. The van der Waals surface area contributed by atoms with Crippen LogP contribution in [0.2, 0.25) is 0 Å². The van der Waals surface area contributed by atoms with Crippen LogP contribution in [0.25, 0.3) is 0 Å². The Balaban J connectivity index is 1.63. The van der Waals surface area contributed by atoms with Gasteiger partial charge in [0.1, 0.15) is 5.75 Å². The van der Waals surface area contributed by atoms with Gasteiger partial charge in [-0.1, -0.05) is 22.0 Å². The number of benzene rings is 2. The van der Waals surface area contributed by atoms with Crippen LogP contribution in [-0.2, 0) is 9.59 Å². The number of β-amino-alcohol motifs (C(OH)–C–C–N with tert-alkyl or cyclic N) is 1. The topological polar surface area (TPSA) is 172 Å². The standard InChI is InChI=1S/C23H26BrN5O6/c1-12-2-13(4-15(24)3-12)19(8-21(33)34)29-20(32)11-25-22(35)14-5-16(7-17(30)6-14)28-23-26-9-18(31)10-27-23/h2-7,18-19,30-31H,8-11H2,1H3,(H,25,35)(H,29,32)(H,33,34)(H2,26,27,28)/t19-/m0/s1. The number of aryl methyl sites for hydroxylation is 1. The second-order valence-corrected chi connectivity index (χ2v) is 9.00.